The SMILES string of the molecule is Cc1cc(C)c(B(/C=C/CNS(=O)(=O)c2cccc3c(N(C)C)cccc23)c2c(C)cc(C)cc2C)c(C)c1. The van der Waals surface area contributed by atoms with Crippen molar-refractivity contribution in [3.63, 3.8) is 0 Å². The van der Waals surface area contributed by atoms with Gasteiger partial charge in [-0.05, 0) is 53.7 Å². The van der Waals surface area contributed by atoms with Crippen LogP contribution in [0.2, 0.25) is 0 Å². The molecule has 0 aliphatic heterocycles. The van der Waals surface area contributed by atoms with Gasteiger partial charge < -0.3 is 4.90 Å². The van der Waals surface area contributed by atoms with Crippen molar-refractivity contribution < 1.29 is 8.42 Å². The highest BCUT2D eigenvalue weighted by Gasteiger charge is 2.24. The summed E-state index contributed by atoms with van der Waals surface area (Å²) in [7, 11) is 0.205. The van der Waals surface area contributed by atoms with Gasteiger partial charge in [0.25, 0.3) is 0 Å². The van der Waals surface area contributed by atoms with Crippen LogP contribution in [0.15, 0.2) is 77.6 Å². The lowest BCUT2D eigenvalue weighted by Crippen LogP contribution is -2.46. The molecule has 4 aromatic rings. The summed E-state index contributed by atoms with van der Waals surface area (Å²) in [5.41, 5.74) is 11.0. The third-order valence-electron chi connectivity index (χ3n) is 7.45. The monoisotopic (exact) mass is 538 g/mol. The average molecular weight is 539 g/mol. The van der Waals surface area contributed by atoms with Crippen LogP contribution in [-0.4, -0.2) is 35.8 Å². The Bertz CT molecular complexity index is 1570. The van der Waals surface area contributed by atoms with Crippen LogP contribution in [0.4, 0.5) is 5.69 Å². The molecule has 0 heterocycles. The van der Waals surface area contributed by atoms with Crippen LogP contribution in [0.3, 0.4) is 0 Å². The maximum atomic E-state index is 13.4. The predicted molar refractivity (Wildman–Crippen MR) is 169 cm³/mol. The highest BCUT2D eigenvalue weighted by atomic mass is 32.2. The molecule has 39 heavy (non-hydrogen) atoms. The fraction of sp³-hybridized carbons (Fsp3) is 0.273. The number of anilines is 1. The zero-order valence-electron chi connectivity index (χ0n) is 24.4. The largest absolute Gasteiger partial charge is 0.377 e. The van der Waals surface area contributed by atoms with E-state index < -0.39 is 10.0 Å². The number of nitrogens with zero attached hydrogens (tertiary/aromatic N) is 1. The molecule has 4 rings (SSSR count). The molecule has 0 radical (unpaired) electrons. The van der Waals surface area contributed by atoms with Gasteiger partial charge in [-0.3, -0.25) is 0 Å². The van der Waals surface area contributed by atoms with Gasteiger partial charge in [0.15, 0.2) is 0 Å². The van der Waals surface area contributed by atoms with Gasteiger partial charge in [-0.25, -0.2) is 13.1 Å². The van der Waals surface area contributed by atoms with E-state index in [2.05, 4.69) is 76.5 Å². The molecule has 0 unspecified atom stereocenters. The molecule has 0 amide bonds. The molecule has 0 aliphatic rings. The number of aryl methyl sites for hydroxylation is 6. The third kappa shape index (κ3) is 5.97. The molecule has 4 nitrogen and oxygen atoms in total. The van der Waals surface area contributed by atoms with Crippen molar-refractivity contribution in [2.45, 2.75) is 46.4 Å². The molecule has 0 fully saturated rings. The molecule has 0 atom stereocenters. The standard InChI is InChI=1S/C33H39BN2O2S/c1-22-18-24(3)32(25(4)19-22)34(33-26(5)20-23(2)21-27(33)6)16-11-17-35-39(37,38)31-15-10-12-28-29(31)13-9-14-30(28)36(7)8/h9-16,18-21,35H,17H2,1-8H3/b16-11+. The first kappa shape index (κ1) is 28.7. The van der Waals surface area contributed by atoms with Crippen LogP contribution in [0.1, 0.15) is 33.4 Å². The van der Waals surface area contributed by atoms with Crippen LogP contribution >= 0.6 is 0 Å². The average Bonchev–Trinajstić information content (AvgIpc) is 2.84. The van der Waals surface area contributed by atoms with Gasteiger partial charge in [-0.15, -0.1) is 5.98 Å². The van der Waals surface area contributed by atoms with Gasteiger partial charge >= 0.3 is 0 Å². The second kappa shape index (κ2) is 11.4. The third-order valence-corrected chi connectivity index (χ3v) is 8.93. The Balaban J connectivity index is 1.69. The van der Waals surface area contributed by atoms with Crippen molar-refractivity contribution in [3.8, 4) is 0 Å². The first-order valence-electron chi connectivity index (χ1n) is 13.4. The Labute approximate surface area is 234 Å². The minimum absolute atomic E-state index is 0.0240. The number of hydrogen-bond donors (Lipinski definition) is 1. The van der Waals surface area contributed by atoms with E-state index in [0.29, 0.717) is 4.90 Å². The van der Waals surface area contributed by atoms with Crippen LogP contribution in [0.25, 0.3) is 10.8 Å². The number of sulfonamides is 1. The van der Waals surface area contributed by atoms with E-state index in [9.17, 15) is 8.42 Å². The Morgan fingerprint density at radius 2 is 1.23 bits per heavy atom. The zero-order chi connectivity index (χ0) is 28.5. The van der Waals surface area contributed by atoms with Gasteiger partial charge in [0.1, 0.15) is 0 Å². The van der Waals surface area contributed by atoms with Gasteiger partial charge in [-0.1, -0.05) is 98.9 Å². The maximum Gasteiger partial charge on any atom is 0.241 e. The van der Waals surface area contributed by atoms with E-state index in [1.165, 1.54) is 44.3 Å². The Morgan fingerprint density at radius 3 is 1.74 bits per heavy atom. The van der Waals surface area contributed by atoms with Crippen molar-refractivity contribution in [2.75, 3.05) is 25.5 Å². The molecule has 202 valence electrons. The number of hydrogen-bond acceptors (Lipinski definition) is 3. The lowest BCUT2D eigenvalue weighted by molar-refractivity contribution is 0.586. The number of nitrogens with one attached hydrogen (secondary N) is 1. The molecular weight excluding hydrogens is 499 g/mol. The smallest absolute Gasteiger partial charge is 0.241 e. The highest BCUT2D eigenvalue weighted by Crippen LogP contribution is 2.30. The van der Waals surface area contributed by atoms with Crippen molar-refractivity contribution in [2.24, 2.45) is 0 Å². The molecule has 0 aromatic heterocycles. The highest BCUT2D eigenvalue weighted by molar-refractivity contribution is 7.89. The summed E-state index contributed by atoms with van der Waals surface area (Å²) in [6, 6.07) is 20.1. The normalized spacial score (nSPS) is 11.9. The summed E-state index contributed by atoms with van der Waals surface area (Å²) in [6.45, 7) is 13.1. The number of fused-ring (bicyclic) bond motifs is 1. The number of benzene rings is 4. The lowest BCUT2D eigenvalue weighted by atomic mass is 9.37. The van der Waals surface area contributed by atoms with Gasteiger partial charge in [0.05, 0.1) is 4.90 Å². The Hall–Kier alpha value is -3.35. The van der Waals surface area contributed by atoms with E-state index in [0.717, 1.165) is 16.5 Å². The predicted octanol–water partition coefficient (Wildman–Crippen LogP) is 5.44. The summed E-state index contributed by atoms with van der Waals surface area (Å²) >= 11 is 0. The maximum absolute atomic E-state index is 13.4. The molecule has 0 spiro atoms. The van der Waals surface area contributed by atoms with E-state index in [4.69, 9.17) is 0 Å². The van der Waals surface area contributed by atoms with Crippen molar-refractivity contribution in [1.29, 1.82) is 0 Å². The van der Waals surface area contributed by atoms with Crippen LogP contribution in [0.5, 0.6) is 0 Å². The fourth-order valence-electron chi connectivity index (χ4n) is 6.03. The summed E-state index contributed by atoms with van der Waals surface area (Å²) in [5, 5.41) is 1.63. The van der Waals surface area contributed by atoms with Crippen molar-refractivity contribution in [3.05, 3.63) is 106 Å². The topological polar surface area (TPSA) is 49.4 Å². The minimum Gasteiger partial charge on any atom is -0.377 e. The van der Waals surface area contributed by atoms with Crippen molar-refractivity contribution in [1.82, 2.24) is 4.72 Å². The Kier molecular flexibility index (Phi) is 8.38. The minimum atomic E-state index is -3.72. The quantitative estimate of drug-likeness (QED) is 0.304. The summed E-state index contributed by atoms with van der Waals surface area (Å²) in [4.78, 5) is 2.29. The molecular formula is C33H39BN2O2S. The van der Waals surface area contributed by atoms with E-state index in [1.807, 2.05) is 55.4 Å². The van der Waals surface area contributed by atoms with Crippen LogP contribution in [0, 0.1) is 41.5 Å². The summed E-state index contributed by atoms with van der Waals surface area (Å²) in [6.07, 6.45) is 1.95. The van der Waals surface area contributed by atoms with E-state index in [-0.39, 0.29) is 13.3 Å². The fourth-order valence-corrected chi connectivity index (χ4v) is 7.23. The second-order valence-corrected chi connectivity index (χ2v) is 12.6. The number of rotatable bonds is 8. The first-order chi connectivity index (χ1) is 18.4. The second-order valence-electron chi connectivity index (χ2n) is 10.9. The Morgan fingerprint density at radius 1 is 0.744 bits per heavy atom. The van der Waals surface area contributed by atoms with E-state index in [1.54, 1.807) is 6.07 Å². The van der Waals surface area contributed by atoms with Crippen LogP contribution < -0.4 is 20.5 Å². The summed E-state index contributed by atoms with van der Waals surface area (Å²) in [5.74, 6) is 2.16. The van der Waals surface area contributed by atoms with Crippen LogP contribution in [-0.2, 0) is 10.0 Å². The molecule has 6 heteroatoms. The molecule has 4 aromatic carbocycles. The zero-order valence-corrected chi connectivity index (χ0v) is 25.2. The molecule has 0 saturated carbocycles. The van der Waals surface area contributed by atoms with E-state index >= 15 is 0 Å². The van der Waals surface area contributed by atoms with Gasteiger partial charge in [0, 0.05) is 37.1 Å². The lowest BCUT2D eigenvalue weighted by Gasteiger charge is -2.22. The molecule has 0 aliphatic carbocycles. The molecule has 0 saturated heterocycles. The molecule has 1 N–H and O–H groups in total. The first-order valence-corrected chi connectivity index (χ1v) is 14.9. The van der Waals surface area contributed by atoms with Gasteiger partial charge in [-0.2, -0.15) is 0 Å². The van der Waals surface area contributed by atoms with Crippen molar-refractivity contribution >= 4 is 44.1 Å². The molecule has 0 bridgehead atoms. The van der Waals surface area contributed by atoms with Gasteiger partial charge in [0.2, 0.25) is 16.7 Å². The summed E-state index contributed by atoms with van der Waals surface area (Å²) < 4.78 is 29.7.